The molecule has 1 nitrogen and oxygen atoms in total. The number of aliphatic hydroxyl groups is 1. The van der Waals surface area contributed by atoms with Crippen LogP contribution in [0.1, 0.15) is 22.8 Å². The lowest BCUT2D eigenvalue weighted by Gasteiger charge is -2.12. The molecular weight excluding hydrogens is 203 g/mol. The van der Waals surface area contributed by atoms with Crippen molar-refractivity contribution in [3.8, 4) is 0 Å². The highest BCUT2D eigenvalue weighted by atomic mass is 19.1. The number of halogens is 1. The third kappa shape index (κ3) is 2.28. The number of benzene rings is 2. The van der Waals surface area contributed by atoms with Crippen LogP contribution in [0.4, 0.5) is 4.39 Å². The molecule has 0 bridgehead atoms. The van der Waals surface area contributed by atoms with Gasteiger partial charge in [0.2, 0.25) is 0 Å². The number of rotatable bonds is 2. The molecule has 0 heterocycles. The molecule has 0 fully saturated rings. The molecule has 1 atom stereocenters. The maximum atomic E-state index is 13.0. The standard InChI is InChI=1S/C14H13FO/c1-10-4-2-5-11(8-10)14(16)12-6-3-7-13(15)9-12/h2-9,14,16H,1H3/t14-/m1/s1. The number of aliphatic hydroxyl groups excluding tert-OH is 1. The Hall–Kier alpha value is -1.67. The van der Waals surface area contributed by atoms with Gasteiger partial charge < -0.3 is 5.11 Å². The van der Waals surface area contributed by atoms with Gasteiger partial charge in [0, 0.05) is 0 Å². The highest BCUT2D eigenvalue weighted by Crippen LogP contribution is 2.22. The summed E-state index contributed by atoms with van der Waals surface area (Å²) in [7, 11) is 0. The largest absolute Gasteiger partial charge is 0.384 e. The topological polar surface area (TPSA) is 20.2 Å². The zero-order chi connectivity index (χ0) is 11.5. The minimum atomic E-state index is -0.768. The minimum absolute atomic E-state index is 0.329. The number of aryl methyl sites for hydroxylation is 1. The van der Waals surface area contributed by atoms with Gasteiger partial charge in [-0.3, -0.25) is 0 Å². The van der Waals surface area contributed by atoms with Gasteiger partial charge in [-0.1, -0.05) is 42.0 Å². The summed E-state index contributed by atoms with van der Waals surface area (Å²) in [5.41, 5.74) is 2.43. The summed E-state index contributed by atoms with van der Waals surface area (Å²) in [6.45, 7) is 1.96. The van der Waals surface area contributed by atoms with Crippen LogP contribution in [0.25, 0.3) is 0 Å². The highest BCUT2D eigenvalue weighted by Gasteiger charge is 2.10. The first-order chi connectivity index (χ1) is 7.66. The summed E-state index contributed by atoms with van der Waals surface area (Å²) < 4.78 is 13.0. The molecule has 0 saturated heterocycles. The van der Waals surface area contributed by atoms with E-state index in [-0.39, 0.29) is 5.82 Å². The lowest BCUT2D eigenvalue weighted by molar-refractivity contribution is 0.219. The van der Waals surface area contributed by atoms with Crippen LogP contribution in [0.5, 0.6) is 0 Å². The van der Waals surface area contributed by atoms with Crippen molar-refractivity contribution in [2.24, 2.45) is 0 Å². The first-order valence-electron chi connectivity index (χ1n) is 5.17. The van der Waals surface area contributed by atoms with E-state index in [0.717, 1.165) is 11.1 Å². The third-order valence-electron chi connectivity index (χ3n) is 2.52. The van der Waals surface area contributed by atoms with Crippen molar-refractivity contribution in [2.45, 2.75) is 13.0 Å². The van der Waals surface area contributed by atoms with Crippen LogP contribution in [0.2, 0.25) is 0 Å². The molecule has 0 aromatic heterocycles. The number of hydrogen-bond acceptors (Lipinski definition) is 1. The van der Waals surface area contributed by atoms with E-state index in [1.165, 1.54) is 12.1 Å². The second kappa shape index (κ2) is 4.45. The molecule has 0 amide bonds. The van der Waals surface area contributed by atoms with E-state index < -0.39 is 6.10 Å². The first-order valence-corrected chi connectivity index (χ1v) is 5.17. The molecule has 16 heavy (non-hydrogen) atoms. The van der Waals surface area contributed by atoms with E-state index in [1.807, 2.05) is 31.2 Å². The van der Waals surface area contributed by atoms with Crippen molar-refractivity contribution >= 4 is 0 Å². The van der Waals surface area contributed by atoms with Crippen LogP contribution in [0.3, 0.4) is 0 Å². The second-order valence-electron chi connectivity index (χ2n) is 3.87. The summed E-state index contributed by atoms with van der Waals surface area (Å²) in [6, 6.07) is 13.6. The van der Waals surface area contributed by atoms with Gasteiger partial charge in [-0.05, 0) is 30.2 Å². The van der Waals surface area contributed by atoms with Crippen LogP contribution in [0.15, 0.2) is 48.5 Å². The predicted molar refractivity (Wildman–Crippen MR) is 61.6 cm³/mol. The van der Waals surface area contributed by atoms with Crippen LogP contribution in [-0.2, 0) is 0 Å². The molecule has 0 unspecified atom stereocenters. The first kappa shape index (κ1) is 10.8. The Labute approximate surface area is 94.2 Å². The van der Waals surface area contributed by atoms with Gasteiger partial charge in [0.05, 0.1) is 0 Å². The second-order valence-corrected chi connectivity index (χ2v) is 3.87. The number of hydrogen-bond donors (Lipinski definition) is 1. The fourth-order valence-corrected chi connectivity index (χ4v) is 1.71. The summed E-state index contributed by atoms with van der Waals surface area (Å²) in [4.78, 5) is 0. The van der Waals surface area contributed by atoms with E-state index in [4.69, 9.17) is 0 Å². The SMILES string of the molecule is Cc1cccc([C@@H](O)c2cccc(F)c2)c1. The summed E-state index contributed by atoms with van der Waals surface area (Å²) >= 11 is 0. The monoisotopic (exact) mass is 216 g/mol. The van der Waals surface area contributed by atoms with E-state index in [9.17, 15) is 9.50 Å². The van der Waals surface area contributed by atoms with Crippen LogP contribution in [0, 0.1) is 12.7 Å². The van der Waals surface area contributed by atoms with Crippen molar-refractivity contribution in [3.05, 3.63) is 71.0 Å². The van der Waals surface area contributed by atoms with Crippen molar-refractivity contribution < 1.29 is 9.50 Å². The summed E-state index contributed by atoms with van der Waals surface area (Å²) in [5, 5.41) is 10.1. The molecule has 2 aromatic rings. The Balaban J connectivity index is 2.35. The Kier molecular flexibility index (Phi) is 3.02. The van der Waals surface area contributed by atoms with Gasteiger partial charge in [-0.25, -0.2) is 4.39 Å². The fourth-order valence-electron chi connectivity index (χ4n) is 1.71. The molecular formula is C14H13FO. The van der Waals surface area contributed by atoms with Crippen molar-refractivity contribution in [1.29, 1.82) is 0 Å². The zero-order valence-electron chi connectivity index (χ0n) is 9.02. The lowest BCUT2D eigenvalue weighted by atomic mass is 10.00. The van der Waals surface area contributed by atoms with Gasteiger partial charge in [0.1, 0.15) is 11.9 Å². The van der Waals surface area contributed by atoms with Crippen molar-refractivity contribution in [3.63, 3.8) is 0 Å². The van der Waals surface area contributed by atoms with E-state index >= 15 is 0 Å². The maximum absolute atomic E-state index is 13.0. The average Bonchev–Trinajstić information content (AvgIpc) is 2.28. The maximum Gasteiger partial charge on any atom is 0.123 e. The van der Waals surface area contributed by atoms with Gasteiger partial charge in [-0.15, -0.1) is 0 Å². The molecule has 1 N–H and O–H groups in total. The van der Waals surface area contributed by atoms with Crippen LogP contribution < -0.4 is 0 Å². The van der Waals surface area contributed by atoms with Gasteiger partial charge in [-0.2, -0.15) is 0 Å². The van der Waals surface area contributed by atoms with Crippen molar-refractivity contribution in [2.75, 3.05) is 0 Å². The normalized spacial score (nSPS) is 12.4. The molecule has 0 aliphatic rings. The quantitative estimate of drug-likeness (QED) is 0.817. The van der Waals surface area contributed by atoms with Crippen LogP contribution in [-0.4, -0.2) is 5.11 Å². The zero-order valence-corrected chi connectivity index (χ0v) is 9.02. The van der Waals surface area contributed by atoms with Gasteiger partial charge >= 0.3 is 0 Å². The van der Waals surface area contributed by atoms with Crippen molar-refractivity contribution in [1.82, 2.24) is 0 Å². The molecule has 0 aliphatic carbocycles. The summed E-state index contributed by atoms with van der Waals surface area (Å²) in [5.74, 6) is -0.329. The minimum Gasteiger partial charge on any atom is -0.384 e. The summed E-state index contributed by atoms with van der Waals surface area (Å²) in [6.07, 6.45) is -0.768. The van der Waals surface area contributed by atoms with E-state index in [2.05, 4.69) is 0 Å². The predicted octanol–water partition coefficient (Wildman–Crippen LogP) is 3.22. The molecule has 82 valence electrons. The smallest absolute Gasteiger partial charge is 0.123 e. The molecule has 0 aliphatic heterocycles. The Morgan fingerprint density at radius 1 is 1.00 bits per heavy atom. The Bertz CT molecular complexity index is 448. The van der Waals surface area contributed by atoms with E-state index in [0.29, 0.717) is 5.56 Å². The Morgan fingerprint density at radius 2 is 1.62 bits per heavy atom. The van der Waals surface area contributed by atoms with Gasteiger partial charge in [0.15, 0.2) is 0 Å². The Morgan fingerprint density at radius 3 is 2.25 bits per heavy atom. The highest BCUT2D eigenvalue weighted by molar-refractivity contribution is 5.32. The molecule has 2 rings (SSSR count). The fraction of sp³-hybridized carbons (Fsp3) is 0.143. The third-order valence-corrected chi connectivity index (χ3v) is 2.52. The molecule has 2 aromatic carbocycles. The molecule has 0 spiro atoms. The molecule has 0 radical (unpaired) electrons. The average molecular weight is 216 g/mol. The molecule has 2 heteroatoms. The lowest BCUT2D eigenvalue weighted by Crippen LogP contribution is -2.00. The van der Waals surface area contributed by atoms with E-state index in [1.54, 1.807) is 12.1 Å². The van der Waals surface area contributed by atoms with Gasteiger partial charge in [0.25, 0.3) is 0 Å². The van der Waals surface area contributed by atoms with Crippen LogP contribution >= 0.6 is 0 Å². The molecule has 0 saturated carbocycles.